The molecule has 0 radical (unpaired) electrons. The quantitative estimate of drug-likeness (QED) is 0.126. The third-order valence-electron chi connectivity index (χ3n) is 8.76. The second kappa shape index (κ2) is 20.3. The van der Waals surface area contributed by atoms with E-state index in [0.717, 1.165) is 79.7 Å². The highest BCUT2D eigenvalue weighted by molar-refractivity contribution is 5.69. The van der Waals surface area contributed by atoms with Crippen LogP contribution in [0.4, 0.5) is 0 Å². The molecule has 0 saturated carbocycles. The van der Waals surface area contributed by atoms with E-state index in [2.05, 4.69) is 17.2 Å². The molecule has 20 nitrogen and oxygen atoms in total. The first kappa shape index (κ1) is 45.2. The van der Waals surface area contributed by atoms with Gasteiger partial charge in [-0.2, -0.15) is 0 Å². The molecule has 20 heteroatoms. The van der Waals surface area contributed by atoms with E-state index in [4.69, 9.17) is 47.4 Å². The van der Waals surface area contributed by atoms with E-state index < -0.39 is 110 Å². The maximum atomic E-state index is 12.8. The summed E-state index contributed by atoms with van der Waals surface area (Å²) >= 11 is 0. The summed E-state index contributed by atoms with van der Waals surface area (Å²) in [7, 11) is 0. The first-order valence-electron chi connectivity index (χ1n) is 18.6. The van der Waals surface area contributed by atoms with Crippen molar-refractivity contribution in [2.75, 3.05) is 13.2 Å². The van der Waals surface area contributed by atoms with Crippen molar-refractivity contribution in [3.05, 3.63) is 36.0 Å². The van der Waals surface area contributed by atoms with Crippen LogP contribution in [0.5, 0.6) is 0 Å². The number of ether oxygens (including phenoxy) is 10. The number of carbonyl (C=O) groups excluding carboxylic acids is 7. The fourth-order valence-corrected chi connectivity index (χ4v) is 6.47. The number of rotatable bonds is 17. The zero-order chi connectivity index (χ0) is 42.7. The van der Waals surface area contributed by atoms with Crippen LogP contribution in [0, 0.1) is 0 Å². The predicted molar refractivity (Wildman–Crippen MR) is 192 cm³/mol. The second-order valence-corrected chi connectivity index (χ2v) is 13.6. The van der Waals surface area contributed by atoms with Gasteiger partial charge in [-0.05, 0) is 18.4 Å². The number of esters is 7. The molecule has 1 aromatic carbocycles. The molecule has 2 aromatic rings. The summed E-state index contributed by atoms with van der Waals surface area (Å²) in [5, 5.41) is 8.49. The summed E-state index contributed by atoms with van der Waals surface area (Å²) in [5.41, 5.74) is 2.20. The average Bonchev–Trinajstić information content (AvgIpc) is 3.72. The number of nitrogens with zero attached hydrogens (tertiary/aromatic N) is 3. The van der Waals surface area contributed by atoms with E-state index in [-0.39, 0.29) is 0 Å². The van der Waals surface area contributed by atoms with E-state index in [1.165, 1.54) is 10.9 Å². The Bertz CT molecular complexity index is 1800. The summed E-state index contributed by atoms with van der Waals surface area (Å²) in [6, 6.07) is 7.68. The lowest BCUT2D eigenvalue weighted by molar-refractivity contribution is -0.386. The molecule has 0 spiro atoms. The van der Waals surface area contributed by atoms with Gasteiger partial charge in [0.25, 0.3) is 0 Å². The van der Waals surface area contributed by atoms with Crippen molar-refractivity contribution in [2.45, 2.75) is 136 Å². The second-order valence-electron chi connectivity index (χ2n) is 13.6. The summed E-state index contributed by atoms with van der Waals surface area (Å²) in [5.74, 6) is -8.65. The van der Waals surface area contributed by atoms with Crippen molar-refractivity contribution in [1.82, 2.24) is 15.0 Å². The normalized spacial score (nSPS) is 26.5. The van der Waals surface area contributed by atoms with Gasteiger partial charge in [-0.3, -0.25) is 33.6 Å². The third-order valence-corrected chi connectivity index (χ3v) is 8.76. The van der Waals surface area contributed by atoms with Crippen molar-refractivity contribution >= 4 is 41.8 Å². The van der Waals surface area contributed by atoms with Gasteiger partial charge < -0.3 is 47.4 Å². The molecule has 2 fully saturated rings. The Kier molecular flexibility index (Phi) is 15.8. The van der Waals surface area contributed by atoms with E-state index in [1.807, 2.05) is 24.3 Å². The maximum Gasteiger partial charge on any atom is 0.303 e. The van der Waals surface area contributed by atoms with E-state index >= 15 is 0 Å². The molecule has 0 amide bonds. The zero-order valence-electron chi connectivity index (χ0n) is 33.5. The molecule has 0 unspecified atom stereocenters. The lowest BCUT2D eigenvalue weighted by Gasteiger charge is -2.46. The largest absolute Gasteiger partial charge is 0.463 e. The Morgan fingerprint density at radius 3 is 1.83 bits per heavy atom. The summed E-state index contributed by atoms with van der Waals surface area (Å²) in [6.07, 6.45) is -7.69. The van der Waals surface area contributed by atoms with Crippen molar-refractivity contribution in [3.8, 4) is 11.3 Å². The smallest absolute Gasteiger partial charge is 0.303 e. The lowest BCUT2D eigenvalue weighted by atomic mass is 9.97. The molecule has 9 atom stereocenters. The molecule has 58 heavy (non-hydrogen) atoms. The molecule has 3 heterocycles. The topological polar surface area (TPSA) is 242 Å². The van der Waals surface area contributed by atoms with Crippen LogP contribution in [0.1, 0.15) is 86.4 Å². The van der Waals surface area contributed by atoms with Crippen molar-refractivity contribution in [3.63, 3.8) is 0 Å². The SMILES string of the molecule is CCCCCc1ccc(-c2cn([C@H]3O[C@@](COC(C)=O)(O[C@H]4O[C@H](COC(C)=O)[C@@H](OC(C)=O)[C@H](OC(C)=O)[C@H]4OC(C)=O)[C@@H](OC(C)=O)[C@@H]3OC(C)=O)nn2)cc1. The Morgan fingerprint density at radius 2 is 1.26 bits per heavy atom. The minimum Gasteiger partial charge on any atom is -0.463 e. The molecular weight excluding hydrogens is 770 g/mol. The monoisotopic (exact) mass is 819 g/mol. The number of benzene rings is 1. The molecule has 1 aromatic heterocycles. The van der Waals surface area contributed by atoms with E-state index in [9.17, 15) is 33.6 Å². The number of carbonyl (C=O) groups is 7. The van der Waals surface area contributed by atoms with Crippen molar-refractivity contribution in [1.29, 1.82) is 0 Å². The first-order chi connectivity index (χ1) is 27.4. The number of unbranched alkanes of at least 4 members (excludes halogenated alkanes) is 2. The molecular formula is C38H49N3O17. The van der Waals surface area contributed by atoms with Crippen LogP contribution in [0.15, 0.2) is 30.5 Å². The zero-order valence-corrected chi connectivity index (χ0v) is 33.5. The Balaban J connectivity index is 1.85. The van der Waals surface area contributed by atoms with Crippen LogP contribution in [0.3, 0.4) is 0 Å². The molecule has 4 rings (SSSR count). The Morgan fingerprint density at radius 1 is 0.690 bits per heavy atom. The fourth-order valence-electron chi connectivity index (χ4n) is 6.47. The molecule has 2 saturated heterocycles. The van der Waals surface area contributed by atoms with Crippen LogP contribution in [-0.2, 0) is 87.4 Å². The van der Waals surface area contributed by atoms with Crippen LogP contribution < -0.4 is 0 Å². The maximum absolute atomic E-state index is 12.8. The standard InChI is InChI=1S/C38H49N3O17/c1-9-10-11-12-27-13-15-28(16-14-27)29-17-41(40-39-29)36-34(54-25(7)47)35(55-26(8)48)38(57-36,19-50-21(3)43)58-37-33(53-24(6)46)32(52-23(5)45)31(51-22(4)44)30(56-37)18-49-20(2)42/h13-17,30-37H,9-12,18-19H2,1-8H3/t30-,31-,32+,33-,34+,35+,36+,37-,38+/m1/s1. The van der Waals surface area contributed by atoms with Gasteiger partial charge in [-0.25, -0.2) is 4.68 Å². The minimum atomic E-state index is -2.50. The van der Waals surface area contributed by atoms with Gasteiger partial charge in [0.1, 0.15) is 25.0 Å². The number of hydrogen-bond donors (Lipinski definition) is 0. The molecule has 318 valence electrons. The van der Waals surface area contributed by atoms with Gasteiger partial charge in [-0.1, -0.05) is 49.2 Å². The van der Waals surface area contributed by atoms with Gasteiger partial charge in [-0.15, -0.1) is 5.10 Å². The summed E-state index contributed by atoms with van der Waals surface area (Å²) in [6.45, 7) is 8.03. The Labute approximate surface area is 333 Å². The van der Waals surface area contributed by atoms with Gasteiger partial charge in [0.05, 0.1) is 6.20 Å². The third kappa shape index (κ3) is 12.0. The fraction of sp³-hybridized carbons (Fsp3) is 0.605. The predicted octanol–water partition coefficient (Wildman–Crippen LogP) is 2.43. The number of aromatic nitrogens is 3. The highest BCUT2D eigenvalue weighted by Crippen LogP contribution is 2.45. The van der Waals surface area contributed by atoms with Crippen molar-refractivity contribution < 1.29 is 80.9 Å². The Hall–Kier alpha value is -5.47. The first-order valence-corrected chi connectivity index (χ1v) is 18.6. The molecule has 2 aliphatic heterocycles. The number of hydrogen-bond acceptors (Lipinski definition) is 19. The van der Waals surface area contributed by atoms with Crippen LogP contribution >= 0.6 is 0 Å². The highest BCUT2D eigenvalue weighted by Gasteiger charge is 2.65. The minimum absolute atomic E-state index is 0.382. The molecule has 0 N–H and O–H groups in total. The van der Waals surface area contributed by atoms with Gasteiger partial charge in [0, 0.05) is 54.0 Å². The molecule has 0 aliphatic carbocycles. The number of aryl methyl sites for hydroxylation is 1. The van der Waals surface area contributed by atoms with E-state index in [1.54, 1.807) is 0 Å². The van der Waals surface area contributed by atoms with Gasteiger partial charge in [0.2, 0.25) is 18.2 Å². The van der Waals surface area contributed by atoms with Crippen molar-refractivity contribution in [2.24, 2.45) is 0 Å². The van der Waals surface area contributed by atoms with Gasteiger partial charge >= 0.3 is 41.8 Å². The van der Waals surface area contributed by atoms with Crippen LogP contribution in [0.2, 0.25) is 0 Å². The molecule has 0 bridgehead atoms. The van der Waals surface area contributed by atoms with Crippen LogP contribution in [-0.4, -0.2) is 119 Å². The summed E-state index contributed by atoms with van der Waals surface area (Å²) < 4.78 is 58.6. The lowest BCUT2D eigenvalue weighted by Crippen LogP contribution is -2.65. The van der Waals surface area contributed by atoms with Gasteiger partial charge in [0.15, 0.2) is 30.6 Å². The summed E-state index contributed by atoms with van der Waals surface area (Å²) in [4.78, 5) is 86.9. The van der Waals surface area contributed by atoms with Crippen LogP contribution in [0.25, 0.3) is 11.3 Å². The van der Waals surface area contributed by atoms with E-state index in [0.29, 0.717) is 11.3 Å². The molecule has 2 aliphatic rings. The highest BCUT2D eigenvalue weighted by atomic mass is 16.8. The average molecular weight is 820 g/mol.